The highest BCUT2D eigenvalue weighted by atomic mass is 79.9. The first-order chi connectivity index (χ1) is 14.5. The molecule has 0 amide bonds. The van der Waals surface area contributed by atoms with Crippen molar-refractivity contribution in [2.45, 2.75) is 34.2 Å². The van der Waals surface area contributed by atoms with Crippen LogP contribution in [0.3, 0.4) is 0 Å². The Morgan fingerprint density at radius 3 is 2.23 bits per heavy atom. The van der Waals surface area contributed by atoms with E-state index in [1.807, 2.05) is 57.7 Å². The first-order valence-corrected chi connectivity index (χ1v) is 11.6. The highest BCUT2D eigenvalue weighted by Gasteiger charge is 2.23. The molecule has 3 rings (SSSR count). The Morgan fingerprint density at radius 2 is 1.70 bits per heavy atom. The summed E-state index contributed by atoms with van der Waals surface area (Å²) in [6, 6.07) is 8.42. The van der Waals surface area contributed by atoms with Crippen LogP contribution in [0.4, 0.5) is 5.69 Å². The van der Waals surface area contributed by atoms with Crippen LogP contribution in [-0.2, 0) is 13.6 Å². The van der Waals surface area contributed by atoms with Crippen molar-refractivity contribution >= 4 is 38.9 Å². The van der Waals surface area contributed by atoms with E-state index < -0.39 is 0 Å². The van der Waals surface area contributed by atoms with Crippen LogP contribution in [0.15, 0.2) is 51.8 Å². The van der Waals surface area contributed by atoms with Crippen molar-refractivity contribution in [3.8, 4) is 0 Å². The van der Waals surface area contributed by atoms with E-state index in [4.69, 9.17) is 11.6 Å². The van der Waals surface area contributed by atoms with Crippen LogP contribution >= 0.6 is 27.5 Å². The average molecular weight is 496 g/mol. The summed E-state index contributed by atoms with van der Waals surface area (Å²) in [7, 11) is 1.90. The third-order valence-corrected chi connectivity index (χ3v) is 6.05. The molecular formula is C23H32BrClN4O. The summed E-state index contributed by atoms with van der Waals surface area (Å²) < 4.78 is 4.60. The lowest BCUT2D eigenvalue weighted by Crippen LogP contribution is -2.46. The molecule has 7 heteroatoms. The molecule has 164 valence electrons. The predicted molar refractivity (Wildman–Crippen MR) is 132 cm³/mol. The molecule has 0 atom stereocenters. The molecule has 0 aliphatic carbocycles. The number of benzene rings is 1. The molecule has 0 unspecified atom stereocenters. The smallest absolute Gasteiger partial charge is 0.290 e. The van der Waals surface area contributed by atoms with E-state index in [9.17, 15) is 4.79 Å². The number of rotatable bonds is 5. The molecule has 1 aromatic heterocycles. The zero-order chi connectivity index (χ0) is 22.3. The molecule has 0 saturated carbocycles. The highest BCUT2D eigenvalue weighted by molar-refractivity contribution is 9.10. The molecule has 1 aromatic carbocycles. The fraction of sp³-hybridized carbons (Fsp3) is 0.435. The normalized spacial score (nSPS) is 15.4. The molecule has 1 aliphatic heterocycles. The average Bonchev–Trinajstić information content (AvgIpc) is 2.98. The molecule has 0 spiro atoms. The zero-order valence-electron chi connectivity index (χ0n) is 18.5. The predicted octanol–water partition coefficient (Wildman–Crippen LogP) is 5.39. The molecule has 0 bridgehead atoms. The zero-order valence-corrected chi connectivity index (χ0v) is 20.9. The number of piperazine rings is 1. The fourth-order valence-corrected chi connectivity index (χ4v) is 4.09. The van der Waals surface area contributed by atoms with Crippen molar-refractivity contribution in [2.75, 3.05) is 31.1 Å². The summed E-state index contributed by atoms with van der Waals surface area (Å²) in [4.78, 5) is 17.4. The van der Waals surface area contributed by atoms with Gasteiger partial charge in [-0.15, -0.1) is 0 Å². The quantitative estimate of drug-likeness (QED) is 0.522. The maximum Gasteiger partial charge on any atom is 0.290 e. The van der Waals surface area contributed by atoms with Gasteiger partial charge in [0.15, 0.2) is 0 Å². The van der Waals surface area contributed by atoms with E-state index in [0.29, 0.717) is 11.6 Å². The number of hydrogen-bond acceptors (Lipinski definition) is 3. The second-order valence-electron chi connectivity index (χ2n) is 6.85. The molecule has 0 radical (unpaired) electrons. The van der Waals surface area contributed by atoms with Crippen molar-refractivity contribution < 1.29 is 0 Å². The van der Waals surface area contributed by atoms with Crippen molar-refractivity contribution in [1.82, 2.24) is 14.3 Å². The molecule has 1 fully saturated rings. The Labute approximate surface area is 193 Å². The van der Waals surface area contributed by atoms with Gasteiger partial charge in [-0.3, -0.25) is 14.4 Å². The third-order valence-electron chi connectivity index (χ3n) is 5.14. The van der Waals surface area contributed by atoms with Gasteiger partial charge in [-0.2, -0.15) is 0 Å². The van der Waals surface area contributed by atoms with Gasteiger partial charge in [-0.1, -0.05) is 53.5 Å². The Kier molecular flexibility index (Phi) is 9.46. The summed E-state index contributed by atoms with van der Waals surface area (Å²) in [5.74, 6) is 0. The van der Waals surface area contributed by atoms with Crippen LogP contribution in [0.5, 0.6) is 0 Å². The van der Waals surface area contributed by atoms with Crippen molar-refractivity contribution in [2.24, 2.45) is 7.05 Å². The van der Waals surface area contributed by atoms with Crippen LogP contribution in [0.2, 0.25) is 5.02 Å². The van der Waals surface area contributed by atoms with Gasteiger partial charge in [-0.25, -0.2) is 4.68 Å². The van der Waals surface area contributed by atoms with Gasteiger partial charge < -0.3 is 4.90 Å². The largest absolute Gasteiger partial charge is 0.369 e. The van der Waals surface area contributed by atoms with Gasteiger partial charge in [-0.05, 0) is 44.2 Å². The van der Waals surface area contributed by atoms with Crippen LogP contribution in [0, 0.1) is 0 Å². The van der Waals surface area contributed by atoms with Crippen LogP contribution < -0.4 is 10.5 Å². The van der Waals surface area contributed by atoms with E-state index in [1.165, 1.54) is 5.69 Å². The maximum absolute atomic E-state index is 12.7. The Bertz CT molecular complexity index is 935. The first kappa shape index (κ1) is 24.5. The number of anilines is 1. The lowest BCUT2D eigenvalue weighted by molar-refractivity contribution is 0.243. The molecule has 1 aliphatic rings. The minimum atomic E-state index is -0.168. The SMILES string of the molecule is C/C=C\C(=C/C)n1c(=O)c(Cl)c(CN2CCN(c3ccc(Br)cc3)CC2)n1C.CC. The van der Waals surface area contributed by atoms with Gasteiger partial charge in [0.05, 0.1) is 11.4 Å². The van der Waals surface area contributed by atoms with Gasteiger partial charge in [0, 0.05) is 49.9 Å². The van der Waals surface area contributed by atoms with Crippen LogP contribution in [0.1, 0.15) is 33.4 Å². The number of hydrogen-bond donors (Lipinski definition) is 0. The number of allylic oxidation sites excluding steroid dienone is 4. The summed E-state index contributed by atoms with van der Waals surface area (Å²) in [6.07, 6.45) is 5.75. The molecule has 5 nitrogen and oxygen atoms in total. The molecule has 2 aromatic rings. The minimum Gasteiger partial charge on any atom is -0.369 e. The Morgan fingerprint density at radius 1 is 1.10 bits per heavy atom. The number of halogens is 2. The van der Waals surface area contributed by atoms with Gasteiger partial charge in [0.1, 0.15) is 5.02 Å². The second kappa shape index (κ2) is 11.6. The molecule has 2 heterocycles. The van der Waals surface area contributed by atoms with Crippen LogP contribution in [0.25, 0.3) is 5.70 Å². The Hall–Kier alpha value is -1.76. The standard InChI is InChI=1S/C21H26BrClN4O.C2H6/c1-4-6-17(5-2)27-21(28)20(23)19(24(27)3)15-25-11-13-26(14-12-25)18-9-7-16(22)8-10-18;1-2/h4-10H,11-15H2,1-3H3;1-2H3/b6-4-,17-5+;. The lowest BCUT2D eigenvalue weighted by Gasteiger charge is -2.36. The fourth-order valence-electron chi connectivity index (χ4n) is 3.57. The first-order valence-electron chi connectivity index (χ1n) is 10.4. The molecule has 0 N–H and O–H groups in total. The van der Waals surface area contributed by atoms with Gasteiger partial charge in [0.2, 0.25) is 0 Å². The lowest BCUT2D eigenvalue weighted by atomic mass is 10.2. The molecule has 1 saturated heterocycles. The van der Waals surface area contributed by atoms with Crippen molar-refractivity contribution in [3.05, 3.63) is 68.0 Å². The third kappa shape index (κ3) is 5.48. The second-order valence-corrected chi connectivity index (χ2v) is 8.15. The van der Waals surface area contributed by atoms with E-state index >= 15 is 0 Å². The van der Waals surface area contributed by atoms with E-state index in [1.54, 1.807) is 4.68 Å². The monoisotopic (exact) mass is 494 g/mol. The molecule has 30 heavy (non-hydrogen) atoms. The number of nitrogens with zero attached hydrogens (tertiary/aromatic N) is 4. The highest BCUT2D eigenvalue weighted by Crippen LogP contribution is 2.22. The Balaban J connectivity index is 0.00000155. The number of aromatic nitrogens is 2. The van der Waals surface area contributed by atoms with E-state index in [2.05, 4.69) is 50.0 Å². The van der Waals surface area contributed by atoms with E-state index in [-0.39, 0.29) is 5.56 Å². The van der Waals surface area contributed by atoms with Crippen LogP contribution in [-0.4, -0.2) is 40.4 Å². The molecular weight excluding hydrogens is 464 g/mol. The topological polar surface area (TPSA) is 33.4 Å². The maximum atomic E-state index is 12.7. The minimum absolute atomic E-state index is 0.168. The summed E-state index contributed by atoms with van der Waals surface area (Å²) in [6.45, 7) is 12.3. The van der Waals surface area contributed by atoms with Crippen molar-refractivity contribution in [1.29, 1.82) is 0 Å². The summed E-state index contributed by atoms with van der Waals surface area (Å²) in [5.41, 5.74) is 2.75. The van der Waals surface area contributed by atoms with Crippen molar-refractivity contribution in [3.63, 3.8) is 0 Å². The van der Waals surface area contributed by atoms with Gasteiger partial charge in [0.25, 0.3) is 5.56 Å². The van der Waals surface area contributed by atoms with Gasteiger partial charge >= 0.3 is 0 Å². The summed E-state index contributed by atoms with van der Waals surface area (Å²) >= 11 is 9.92. The summed E-state index contributed by atoms with van der Waals surface area (Å²) in [5, 5.41) is 0.307. The van der Waals surface area contributed by atoms with E-state index in [0.717, 1.165) is 42.0 Å².